The molecule has 1 amide bonds. The van der Waals surface area contributed by atoms with Gasteiger partial charge >= 0.3 is 0 Å². The fourth-order valence-corrected chi connectivity index (χ4v) is 3.25. The summed E-state index contributed by atoms with van der Waals surface area (Å²) in [6, 6.07) is 8.25. The second-order valence-electron chi connectivity index (χ2n) is 6.36. The van der Waals surface area contributed by atoms with Gasteiger partial charge in [-0.2, -0.15) is 5.10 Å². The lowest BCUT2D eigenvalue weighted by molar-refractivity contribution is -0.126. The van der Waals surface area contributed by atoms with Crippen LogP contribution in [0.25, 0.3) is 5.69 Å². The molecule has 3 N–H and O–H groups in total. The van der Waals surface area contributed by atoms with E-state index in [-0.39, 0.29) is 17.6 Å². The van der Waals surface area contributed by atoms with Crippen LogP contribution in [-0.2, 0) is 11.3 Å². The Morgan fingerprint density at radius 1 is 1.32 bits per heavy atom. The van der Waals surface area contributed by atoms with Crippen LogP contribution in [0.15, 0.2) is 36.5 Å². The number of benzene rings is 1. The van der Waals surface area contributed by atoms with Gasteiger partial charge in [0, 0.05) is 32.4 Å². The number of rotatable bonds is 6. The predicted molar refractivity (Wildman–Crippen MR) is 93.6 cm³/mol. The Hall–Kier alpha value is -2.25. The molecule has 7 heteroatoms. The highest BCUT2D eigenvalue weighted by Gasteiger charge is 2.26. The first-order valence-electron chi connectivity index (χ1n) is 8.66. The van der Waals surface area contributed by atoms with Gasteiger partial charge in [-0.1, -0.05) is 0 Å². The van der Waals surface area contributed by atoms with Crippen LogP contribution in [-0.4, -0.2) is 46.8 Å². The van der Waals surface area contributed by atoms with Gasteiger partial charge in [-0.05, 0) is 49.7 Å². The van der Waals surface area contributed by atoms with Crippen LogP contribution in [0.2, 0.25) is 0 Å². The summed E-state index contributed by atoms with van der Waals surface area (Å²) in [6.45, 7) is 3.37. The van der Waals surface area contributed by atoms with E-state index >= 15 is 0 Å². The summed E-state index contributed by atoms with van der Waals surface area (Å²) in [4.78, 5) is 14.4. The average Bonchev–Trinajstić information content (AvgIpc) is 3.08. The number of hydrogen-bond donors (Lipinski definition) is 2. The lowest BCUT2D eigenvalue weighted by atomic mass is 9.97. The van der Waals surface area contributed by atoms with Crippen molar-refractivity contribution in [2.75, 3.05) is 26.2 Å². The zero-order valence-electron chi connectivity index (χ0n) is 14.2. The molecule has 0 bridgehead atoms. The minimum absolute atomic E-state index is 0.00231. The number of piperidine rings is 1. The fourth-order valence-electron chi connectivity index (χ4n) is 3.25. The maximum absolute atomic E-state index is 13.1. The van der Waals surface area contributed by atoms with E-state index in [0.29, 0.717) is 19.6 Å². The van der Waals surface area contributed by atoms with Crippen molar-refractivity contribution in [3.8, 4) is 5.69 Å². The summed E-state index contributed by atoms with van der Waals surface area (Å²) in [6.07, 6.45) is 3.64. The predicted octanol–water partition coefficient (Wildman–Crippen LogP) is 1.30. The van der Waals surface area contributed by atoms with E-state index in [1.807, 2.05) is 10.7 Å². The summed E-state index contributed by atoms with van der Waals surface area (Å²) in [7, 11) is 0. The molecule has 0 saturated carbocycles. The van der Waals surface area contributed by atoms with E-state index in [1.165, 1.54) is 12.1 Å². The van der Waals surface area contributed by atoms with Crippen LogP contribution in [0, 0.1) is 11.7 Å². The molecule has 1 atom stereocenters. The van der Waals surface area contributed by atoms with Crippen molar-refractivity contribution in [1.82, 2.24) is 20.0 Å². The van der Waals surface area contributed by atoms with Crippen molar-refractivity contribution in [1.29, 1.82) is 0 Å². The van der Waals surface area contributed by atoms with Gasteiger partial charge in [0.2, 0.25) is 5.91 Å². The number of halogens is 1. The van der Waals surface area contributed by atoms with E-state index in [2.05, 4.69) is 15.3 Å². The minimum atomic E-state index is -0.264. The molecule has 1 aliphatic rings. The van der Waals surface area contributed by atoms with E-state index in [0.717, 1.165) is 37.3 Å². The number of hydrogen-bond acceptors (Lipinski definition) is 4. The largest absolute Gasteiger partial charge is 0.355 e. The summed E-state index contributed by atoms with van der Waals surface area (Å²) < 4.78 is 14.9. The number of amides is 1. The molecule has 2 heterocycles. The van der Waals surface area contributed by atoms with Crippen LogP contribution >= 0.6 is 0 Å². The molecule has 1 unspecified atom stereocenters. The van der Waals surface area contributed by atoms with E-state index in [9.17, 15) is 9.18 Å². The number of carbonyl (C=O) groups excluding carboxylic acids is 1. The minimum Gasteiger partial charge on any atom is -0.355 e. The summed E-state index contributed by atoms with van der Waals surface area (Å²) in [5, 5.41) is 7.23. The number of likely N-dealkylation sites (tertiary alicyclic amines) is 1. The standard InChI is InChI=1S/C18H24FN5O/c19-15-3-5-16(6-4-15)24-17(7-9-22-24)13-23-11-1-2-14(12-23)18(25)21-10-8-20/h3-7,9,14H,1-2,8,10-13,20H2,(H,21,25). The van der Waals surface area contributed by atoms with Crippen LogP contribution < -0.4 is 11.1 Å². The number of nitrogens with zero attached hydrogens (tertiary/aromatic N) is 3. The smallest absolute Gasteiger partial charge is 0.224 e. The third-order valence-electron chi connectivity index (χ3n) is 4.50. The highest BCUT2D eigenvalue weighted by atomic mass is 19.1. The summed E-state index contributed by atoms with van der Waals surface area (Å²) in [5.41, 5.74) is 7.30. The molecule has 2 aromatic rings. The quantitative estimate of drug-likeness (QED) is 0.827. The number of aromatic nitrogens is 2. The number of nitrogens with two attached hydrogens (primary N) is 1. The van der Waals surface area contributed by atoms with Crippen molar-refractivity contribution >= 4 is 5.91 Å². The second kappa shape index (κ2) is 8.22. The second-order valence-corrected chi connectivity index (χ2v) is 6.36. The Bertz CT molecular complexity index is 700. The van der Waals surface area contributed by atoms with Crippen molar-refractivity contribution in [2.45, 2.75) is 19.4 Å². The average molecular weight is 345 g/mol. The van der Waals surface area contributed by atoms with Crippen LogP contribution in [0.4, 0.5) is 4.39 Å². The van der Waals surface area contributed by atoms with Gasteiger partial charge < -0.3 is 11.1 Å². The molecule has 1 aromatic heterocycles. The first-order valence-corrected chi connectivity index (χ1v) is 8.66. The molecule has 1 fully saturated rings. The zero-order valence-corrected chi connectivity index (χ0v) is 14.2. The Kier molecular flexibility index (Phi) is 5.78. The van der Waals surface area contributed by atoms with Crippen molar-refractivity contribution in [3.05, 3.63) is 48.0 Å². The van der Waals surface area contributed by atoms with Gasteiger partial charge in [0.05, 0.1) is 17.3 Å². The molecule has 0 radical (unpaired) electrons. The van der Waals surface area contributed by atoms with Crippen LogP contribution in [0.3, 0.4) is 0 Å². The van der Waals surface area contributed by atoms with Gasteiger partial charge in [-0.3, -0.25) is 9.69 Å². The van der Waals surface area contributed by atoms with Crippen LogP contribution in [0.5, 0.6) is 0 Å². The van der Waals surface area contributed by atoms with Crippen molar-refractivity contribution in [3.63, 3.8) is 0 Å². The number of nitrogens with one attached hydrogen (secondary N) is 1. The molecule has 25 heavy (non-hydrogen) atoms. The highest BCUT2D eigenvalue weighted by molar-refractivity contribution is 5.78. The molecule has 1 saturated heterocycles. The van der Waals surface area contributed by atoms with Gasteiger partial charge in [0.25, 0.3) is 0 Å². The zero-order chi connectivity index (χ0) is 17.6. The first-order chi connectivity index (χ1) is 12.2. The Labute approximate surface area is 146 Å². The van der Waals surface area contributed by atoms with Crippen molar-refractivity contribution < 1.29 is 9.18 Å². The third-order valence-corrected chi connectivity index (χ3v) is 4.50. The Morgan fingerprint density at radius 2 is 2.12 bits per heavy atom. The number of carbonyl (C=O) groups is 1. The maximum Gasteiger partial charge on any atom is 0.224 e. The third kappa shape index (κ3) is 4.43. The lowest BCUT2D eigenvalue weighted by Gasteiger charge is -2.32. The molecular formula is C18H24FN5O. The van der Waals surface area contributed by atoms with Gasteiger partial charge in [0.1, 0.15) is 5.82 Å². The van der Waals surface area contributed by atoms with Crippen LogP contribution in [0.1, 0.15) is 18.5 Å². The maximum atomic E-state index is 13.1. The Balaban J connectivity index is 1.65. The monoisotopic (exact) mass is 345 g/mol. The molecule has 6 nitrogen and oxygen atoms in total. The Morgan fingerprint density at radius 3 is 2.88 bits per heavy atom. The topological polar surface area (TPSA) is 76.2 Å². The first kappa shape index (κ1) is 17.6. The van der Waals surface area contributed by atoms with Gasteiger partial charge in [0.15, 0.2) is 0 Å². The molecule has 3 rings (SSSR count). The molecule has 0 aliphatic carbocycles. The summed E-state index contributed by atoms with van der Waals surface area (Å²) in [5.74, 6) is -0.176. The normalized spacial score (nSPS) is 18.2. The van der Waals surface area contributed by atoms with E-state index < -0.39 is 0 Å². The molecule has 1 aliphatic heterocycles. The molecule has 1 aromatic carbocycles. The van der Waals surface area contributed by atoms with Gasteiger partial charge in [-0.25, -0.2) is 9.07 Å². The lowest BCUT2D eigenvalue weighted by Crippen LogP contribution is -2.43. The van der Waals surface area contributed by atoms with E-state index in [1.54, 1.807) is 18.3 Å². The molecule has 134 valence electrons. The molecule has 0 spiro atoms. The summed E-state index contributed by atoms with van der Waals surface area (Å²) >= 11 is 0. The highest BCUT2D eigenvalue weighted by Crippen LogP contribution is 2.20. The SMILES string of the molecule is NCCNC(=O)C1CCCN(Cc2ccnn2-c2ccc(F)cc2)C1. The van der Waals surface area contributed by atoms with E-state index in [4.69, 9.17) is 5.73 Å². The van der Waals surface area contributed by atoms with Crippen molar-refractivity contribution in [2.24, 2.45) is 11.7 Å². The fraction of sp³-hybridized carbons (Fsp3) is 0.444. The molecular weight excluding hydrogens is 321 g/mol. The van der Waals surface area contributed by atoms with Gasteiger partial charge in [-0.15, -0.1) is 0 Å².